The average molecular weight is 282 g/mol. The van der Waals surface area contributed by atoms with Crippen molar-refractivity contribution >= 4 is 22.3 Å². The zero-order valence-electron chi connectivity index (χ0n) is 12.4. The standard InChI is InChI=1S/C16H18N4O/c1-11(2)20-10-13(9-18-20)19-16-15-8-14(21-3)5-4-12(15)6-7-17-16/h4-11H,1-3H3,(H,17,19). The maximum Gasteiger partial charge on any atom is 0.138 e. The lowest BCUT2D eigenvalue weighted by Crippen LogP contribution is -2.00. The van der Waals surface area contributed by atoms with E-state index in [2.05, 4.69) is 29.2 Å². The Hall–Kier alpha value is -2.56. The van der Waals surface area contributed by atoms with Gasteiger partial charge >= 0.3 is 0 Å². The van der Waals surface area contributed by atoms with E-state index in [0.29, 0.717) is 6.04 Å². The van der Waals surface area contributed by atoms with Crippen LogP contribution in [0.3, 0.4) is 0 Å². The number of hydrogen-bond donors (Lipinski definition) is 1. The summed E-state index contributed by atoms with van der Waals surface area (Å²) in [6, 6.07) is 8.28. The Labute approximate surface area is 123 Å². The number of rotatable bonds is 4. The molecule has 0 aliphatic carbocycles. The molecule has 21 heavy (non-hydrogen) atoms. The van der Waals surface area contributed by atoms with Crippen molar-refractivity contribution in [3.05, 3.63) is 42.9 Å². The topological polar surface area (TPSA) is 52.0 Å². The SMILES string of the molecule is COc1ccc2ccnc(Nc3cnn(C(C)C)c3)c2c1. The van der Waals surface area contributed by atoms with Gasteiger partial charge in [0.15, 0.2) is 0 Å². The van der Waals surface area contributed by atoms with Crippen LogP contribution in [-0.2, 0) is 0 Å². The Morgan fingerprint density at radius 3 is 2.81 bits per heavy atom. The van der Waals surface area contributed by atoms with E-state index in [9.17, 15) is 0 Å². The van der Waals surface area contributed by atoms with Crippen molar-refractivity contribution in [2.75, 3.05) is 12.4 Å². The summed E-state index contributed by atoms with van der Waals surface area (Å²) in [7, 11) is 1.66. The molecule has 0 aliphatic heterocycles. The fraction of sp³-hybridized carbons (Fsp3) is 0.250. The van der Waals surface area contributed by atoms with Crippen molar-refractivity contribution in [1.82, 2.24) is 14.8 Å². The number of pyridine rings is 1. The number of hydrogen-bond acceptors (Lipinski definition) is 4. The van der Waals surface area contributed by atoms with E-state index in [1.807, 2.05) is 35.1 Å². The number of fused-ring (bicyclic) bond motifs is 1. The predicted octanol–water partition coefficient (Wildman–Crippen LogP) is 3.76. The van der Waals surface area contributed by atoms with E-state index >= 15 is 0 Å². The molecule has 2 heterocycles. The number of nitrogens with zero attached hydrogens (tertiary/aromatic N) is 3. The molecule has 0 saturated heterocycles. The highest BCUT2D eigenvalue weighted by Crippen LogP contribution is 2.27. The second kappa shape index (κ2) is 5.44. The van der Waals surface area contributed by atoms with E-state index in [0.717, 1.165) is 28.0 Å². The first-order valence-electron chi connectivity index (χ1n) is 6.91. The third kappa shape index (κ3) is 2.67. The van der Waals surface area contributed by atoms with Crippen molar-refractivity contribution in [2.24, 2.45) is 0 Å². The van der Waals surface area contributed by atoms with Crippen molar-refractivity contribution in [1.29, 1.82) is 0 Å². The van der Waals surface area contributed by atoms with Crippen LogP contribution in [0.4, 0.5) is 11.5 Å². The molecule has 0 spiro atoms. The average Bonchev–Trinajstić information content (AvgIpc) is 2.96. The lowest BCUT2D eigenvalue weighted by atomic mass is 10.1. The van der Waals surface area contributed by atoms with Gasteiger partial charge in [-0.3, -0.25) is 4.68 Å². The van der Waals surface area contributed by atoms with Gasteiger partial charge in [-0.25, -0.2) is 4.98 Å². The van der Waals surface area contributed by atoms with Gasteiger partial charge in [0, 0.05) is 23.8 Å². The summed E-state index contributed by atoms with van der Waals surface area (Å²) in [6.45, 7) is 4.19. The highest BCUT2D eigenvalue weighted by Gasteiger charge is 2.07. The summed E-state index contributed by atoms with van der Waals surface area (Å²) in [6.07, 6.45) is 5.58. The van der Waals surface area contributed by atoms with Crippen molar-refractivity contribution < 1.29 is 4.74 Å². The molecular formula is C16H18N4O. The van der Waals surface area contributed by atoms with Crippen LogP contribution in [0.2, 0.25) is 0 Å². The second-order valence-corrected chi connectivity index (χ2v) is 5.17. The van der Waals surface area contributed by atoms with Gasteiger partial charge in [-0.2, -0.15) is 5.10 Å². The zero-order valence-corrected chi connectivity index (χ0v) is 12.4. The Kier molecular flexibility index (Phi) is 3.48. The molecule has 2 aromatic heterocycles. The van der Waals surface area contributed by atoms with Crippen molar-refractivity contribution in [3.63, 3.8) is 0 Å². The molecule has 0 amide bonds. The summed E-state index contributed by atoms with van der Waals surface area (Å²) >= 11 is 0. The third-order valence-electron chi connectivity index (χ3n) is 3.37. The molecule has 0 unspecified atom stereocenters. The largest absolute Gasteiger partial charge is 0.497 e. The van der Waals surface area contributed by atoms with E-state index in [-0.39, 0.29) is 0 Å². The summed E-state index contributed by atoms with van der Waals surface area (Å²) in [5.74, 6) is 1.62. The lowest BCUT2D eigenvalue weighted by Gasteiger charge is -2.08. The molecule has 0 saturated carbocycles. The molecule has 0 fully saturated rings. The van der Waals surface area contributed by atoms with Gasteiger partial charge in [-0.1, -0.05) is 6.07 Å². The number of benzene rings is 1. The molecule has 0 bridgehead atoms. The monoisotopic (exact) mass is 282 g/mol. The van der Waals surface area contributed by atoms with Gasteiger partial charge in [0.2, 0.25) is 0 Å². The van der Waals surface area contributed by atoms with Gasteiger partial charge in [0.25, 0.3) is 0 Å². The molecular weight excluding hydrogens is 264 g/mol. The summed E-state index contributed by atoms with van der Waals surface area (Å²) in [5.41, 5.74) is 0.923. The first-order chi connectivity index (χ1) is 10.2. The number of methoxy groups -OCH3 is 1. The lowest BCUT2D eigenvalue weighted by molar-refractivity contribution is 0.415. The van der Waals surface area contributed by atoms with Gasteiger partial charge in [0.05, 0.1) is 19.0 Å². The molecule has 5 nitrogen and oxygen atoms in total. The Morgan fingerprint density at radius 1 is 1.24 bits per heavy atom. The quantitative estimate of drug-likeness (QED) is 0.791. The van der Waals surface area contributed by atoms with E-state index in [1.165, 1.54) is 0 Å². The molecule has 3 aromatic rings. The van der Waals surface area contributed by atoms with Crippen molar-refractivity contribution in [3.8, 4) is 5.75 Å². The van der Waals surface area contributed by atoms with Gasteiger partial charge < -0.3 is 10.1 Å². The molecule has 0 atom stereocenters. The molecule has 0 radical (unpaired) electrons. The van der Waals surface area contributed by atoms with Gasteiger partial charge in [-0.15, -0.1) is 0 Å². The Bertz CT molecular complexity index is 764. The molecule has 0 aliphatic rings. The van der Waals surface area contributed by atoms with Gasteiger partial charge in [0.1, 0.15) is 11.6 Å². The predicted molar refractivity (Wildman–Crippen MR) is 84.2 cm³/mol. The van der Waals surface area contributed by atoms with Crippen LogP contribution < -0.4 is 10.1 Å². The molecule has 108 valence electrons. The second-order valence-electron chi connectivity index (χ2n) is 5.17. The van der Waals surface area contributed by atoms with Gasteiger partial charge in [-0.05, 0) is 37.4 Å². The van der Waals surface area contributed by atoms with Crippen molar-refractivity contribution in [2.45, 2.75) is 19.9 Å². The number of aromatic nitrogens is 3. The van der Waals surface area contributed by atoms with Crippen LogP contribution in [0.25, 0.3) is 10.8 Å². The summed E-state index contributed by atoms with van der Waals surface area (Å²) in [5, 5.41) is 9.79. The van der Waals surface area contributed by atoms with Crippen LogP contribution in [-0.4, -0.2) is 21.9 Å². The minimum atomic E-state index is 0.334. The van der Waals surface area contributed by atoms with Crippen LogP contribution in [0.5, 0.6) is 5.75 Å². The Balaban J connectivity index is 1.99. The van der Waals surface area contributed by atoms with Crippen LogP contribution in [0, 0.1) is 0 Å². The molecule has 1 aromatic carbocycles. The highest BCUT2D eigenvalue weighted by molar-refractivity contribution is 5.94. The number of anilines is 2. The maximum atomic E-state index is 5.29. The number of nitrogens with one attached hydrogen (secondary N) is 1. The van der Waals surface area contributed by atoms with E-state index in [4.69, 9.17) is 4.74 Å². The number of ether oxygens (including phenoxy) is 1. The van der Waals surface area contributed by atoms with E-state index in [1.54, 1.807) is 19.5 Å². The first-order valence-corrected chi connectivity index (χ1v) is 6.91. The van der Waals surface area contributed by atoms with Crippen LogP contribution in [0.15, 0.2) is 42.9 Å². The fourth-order valence-corrected chi connectivity index (χ4v) is 2.20. The summed E-state index contributed by atoms with van der Waals surface area (Å²) < 4.78 is 7.20. The first kappa shape index (κ1) is 13.4. The third-order valence-corrected chi connectivity index (χ3v) is 3.37. The molecule has 3 rings (SSSR count). The minimum Gasteiger partial charge on any atom is -0.497 e. The smallest absolute Gasteiger partial charge is 0.138 e. The van der Waals surface area contributed by atoms with E-state index < -0.39 is 0 Å². The minimum absolute atomic E-state index is 0.334. The summed E-state index contributed by atoms with van der Waals surface area (Å²) in [4.78, 5) is 4.43. The zero-order chi connectivity index (χ0) is 14.8. The van der Waals surface area contributed by atoms with Crippen LogP contribution >= 0.6 is 0 Å². The normalized spacial score (nSPS) is 11.0. The highest BCUT2D eigenvalue weighted by atomic mass is 16.5. The van der Waals surface area contributed by atoms with Crippen LogP contribution in [0.1, 0.15) is 19.9 Å². The molecule has 1 N–H and O–H groups in total. The molecule has 5 heteroatoms. The Morgan fingerprint density at radius 2 is 2.10 bits per heavy atom. The maximum absolute atomic E-state index is 5.29. The fourth-order valence-electron chi connectivity index (χ4n) is 2.20.